The van der Waals surface area contributed by atoms with Crippen molar-refractivity contribution >= 4 is 5.57 Å². The van der Waals surface area contributed by atoms with Crippen molar-refractivity contribution in [3.05, 3.63) is 86.6 Å². The van der Waals surface area contributed by atoms with E-state index in [9.17, 15) is 0 Å². The van der Waals surface area contributed by atoms with Crippen molar-refractivity contribution in [3.63, 3.8) is 0 Å². The van der Waals surface area contributed by atoms with Crippen molar-refractivity contribution in [2.45, 2.75) is 52.4 Å². The molecule has 0 saturated heterocycles. The van der Waals surface area contributed by atoms with Crippen LogP contribution in [-0.2, 0) is 6.42 Å². The molecule has 1 aromatic carbocycles. The van der Waals surface area contributed by atoms with Crippen LogP contribution in [0.2, 0.25) is 0 Å². The minimum atomic E-state index is 0.470. The highest BCUT2D eigenvalue weighted by molar-refractivity contribution is 5.92. The molecule has 5 aliphatic carbocycles. The molecular weight excluding hydrogens is 312 g/mol. The molecule has 0 amide bonds. The Kier molecular flexibility index (Phi) is 2.89. The van der Waals surface area contributed by atoms with Crippen LogP contribution in [0.15, 0.2) is 58.7 Å². The molecular formula is C26H26. The van der Waals surface area contributed by atoms with E-state index in [1.807, 2.05) is 0 Å². The second-order valence-electron chi connectivity index (χ2n) is 9.00. The van der Waals surface area contributed by atoms with E-state index in [1.54, 1.807) is 33.4 Å². The minimum Gasteiger partial charge on any atom is -0.0760 e. The molecule has 0 bridgehead atoms. The predicted octanol–water partition coefficient (Wildman–Crippen LogP) is 6.51. The maximum atomic E-state index is 2.68. The number of hydrogen-bond donors (Lipinski definition) is 0. The highest BCUT2D eigenvalue weighted by Crippen LogP contribution is 2.57. The van der Waals surface area contributed by atoms with E-state index in [-0.39, 0.29) is 0 Å². The Morgan fingerprint density at radius 3 is 2.69 bits per heavy atom. The summed E-state index contributed by atoms with van der Waals surface area (Å²) in [5.41, 5.74) is 15.7. The largest absolute Gasteiger partial charge is 0.0760 e. The first-order valence-electron chi connectivity index (χ1n) is 10.3. The molecule has 0 aromatic heterocycles. The van der Waals surface area contributed by atoms with Crippen molar-refractivity contribution in [1.29, 1.82) is 0 Å². The van der Waals surface area contributed by atoms with Gasteiger partial charge in [0.1, 0.15) is 0 Å². The summed E-state index contributed by atoms with van der Waals surface area (Å²) < 4.78 is 0. The Morgan fingerprint density at radius 2 is 1.88 bits per heavy atom. The van der Waals surface area contributed by atoms with E-state index in [4.69, 9.17) is 0 Å². The zero-order valence-electron chi connectivity index (χ0n) is 16.0. The lowest BCUT2D eigenvalue weighted by Gasteiger charge is -2.37. The van der Waals surface area contributed by atoms with Gasteiger partial charge in [0, 0.05) is 5.92 Å². The van der Waals surface area contributed by atoms with Gasteiger partial charge in [0.05, 0.1) is 0 Å². The lowest BCUT2D eigenvalue weighted by molar-refractivity contribution is 0.316. The third kappa shape index (κ3) is 1.80. The van der Waals surface area contributed by atoms with Gasteiger partial charge in [-0.3, -0.25) is 0 Å². The van der Waals surface area contributed by atoms with E-state index in [2.05, 4.69) is 57.2 Å². The molecule has 0 aliphatic heterocycles. The molecule has 1 saturated carbocycles. The first kappa shape index (κ1) is 15.0. The Morgan fingerprint density at radius 1 is 1.00 bits per heavy atom. The molecule has 130 valence electrons. The van der Waals surface area contributed by atoms with Crippen molar-refractivity contribution in [1.82, 2.24) is 0 Å². The summed E-state index contributed by atoms with van der Waals surface area (Å²) in [6.07, 6.45) is 17.5. The van der Waals surface area contributed by atoms with Gasteiger partial charge in [0.2, 0.25) is 0 Å². The summed E-state index contributed by atoms with van der Waals surface area (Å²) in [4.78, 5) is 0. The molecule has 0 nitrogen and oxygen atoms in total. The van der Waals surface area contributed by atoms with E-state index >= 15 is 0 Å². The summed E-state index contributed by atoms with van der Waals surface area (Å²) in [5, 5.41) is 0. The zero-order chi connectivity index (χ0) is 17.6. The number of rotatable bonds is 0. The third-order valence-corrected chi connectivity index (χ3v) is 7.61. The van der Waals surface area contributed by atoms with Gasteiger partial charge in [-0.15, -0.1) is 0 Å². The summed E-state index contributed by atoms with van der Waals surface area (Å²) in [7, 11) is 0. The summed E-state index contributed by atoms with van der Waals surface area (Å²) in [6.45, 7) is 6.89. The normalized spacial score (nSPS) is 30.3. The van der Waals surface area contributed by atoms with E-state index in [1.165, 1.54) is 48.0 Å². The fourth-order valence-electron chi connectivity index (χ4n) is 5.99. The standard InChI is InChI=1S/C26H26/c1-14-4-7-22-19(10-14)12-18-6-8-20-16(3)15(2)11-23-21-9-5-17(21)13-24(22)25(18)26(20)23/h4,7,10-13,17,21-22H,5-6,8-9H2,1-3H3. The molecule has 3 unspecified atom stereocenters. The summed E-state index contributed by atoms with van der Waals surface area (Å²) >= 11 is 0. The van der Waals surface area contributed by atoms with Crippen LogP contribution in [0.5, 0.6) is 0 Å². The average molecular weight is 338 g/mol. The van der Waals surface area contributed by atoms with E-state index < -0.39 is 0 Å². The van der Waals surface area contributed by atoms with E-state index in [0.717, 1.165) is 11.8 Å². The molecule has 5 aliphatic rings. The highest BCUT2D eigenvalue weighted by Gasteiger charge is 2.41. The second-order valence-corrected chi connectivity index (χ2v) is 9.00. The van der Waals surface area contributed by atoms with Crippen LogP contribution in [0, 0.1) is 25.7 Å². The first-order valence-corrected chi connectivity index (χ1v) is 10.3. The Hall–Kier alpha value is -2.08. The zero-order valence-corrected chi connectivity index (χ0v) is 16.0. The number of hydrogen-bond acceptors (Lipinski definition) is 0. The predicted molar refractivity (Wildman–Crippen MR) is 109 cm³/mol. The molecule has 0 spiro atoms. The number of aryl methyl sites for hydroxylation is 1. The van der Waals surface area contributed by atoms with Crippen LogP contribution in [0.4, 0.5) is 0 Å². The Balaban J connectivity index is 1.70. The lowest BCUT2D eigenvalue weighted by atomic mass is 9.67. The molecule has 1 fully saturated rings. The highest BCUT2D eigenvalue weighted by atomic mass is 14.5. The molecule has 26 heavy (non-hydrogen) atoms. The minimum absolute atomic E-state index is 0.470. The van der Waals surface area contributed by atoms with E-state index in [0.29, 0.717) is 5.92 Å². The van der Waals surface area contributed by atoms with Crippen molar-refractivity contribution in [3.8, 4) is 0 Å². The summed E-state index contributed by atoms with van der Waals surface area (Å²) in [5.74, 6) is 1.97. The van der Waals surface area contributed by atoms with Crippen LogP contribution in [0.25, 0.3) is 5.57 Å². The number of allylic oxidation sites excluding steroid dienone is 10. The number of benzene rings is 1. The molecule has 0 heterocycles. The van der Waals surface area contributed by atoms with Gasteiger partial charge in [-0.05, 0) is 108 Å². The Bertz CT molecular complexity index is 1020. The summed E-state index contributed by atoms with van der Waals surface area (Å²) in [6, 6.07) is 2.54. The third-order valence-electron chi connectivity index (χ3n) is 7.61. The van der Waals surface area contributed by atoms with Crippen LogP contribution in [0.3, 0.4) is 0 Å². The van der Waals surface area contributed by atoms with Crippen LogP contribution < -0.4 is 0 Å². The maximum Gasteiger partial charge on any atom is 0.0276 e. The van der Waals surface area contributed by atoms with Gasteiger partial charge in [-0.1, -0.05) is 42.0 Å². The average Bonchev–Trinajstić information content (AvgIpc) is 2.69. The van der Waals surface area contributed by atoms with Crippen LogP contribution >= 0.6 is 0 Å². The van der Waals surface area contributed by atoms with Gasteiger partial charge >= 0.3 is 0 Å². The number of fused-ring (bicyclic) bond motifs is 4. The van der Waals surface area contributed by atoms with Crippen LogP contribution in [0.1, 0.15) is 59.9 Å². The first-order chi connectivity index (χ1) is 12.6. The molecule has 6 rings (SSSR count). The Labute approximate surface area is 156 Å². The fourth-order valence-corrected chi connectivity index (χ4v) is 5.99. The van der Waals surface area contributed by atoms with Crippen molar-refractivity contribution < 1.29 is 0 Å². The molecule has 1 aromatic rings. The molecule has 3 atom stereocenters. The van der Waals surface area contributed by atoms with Crippen LogP contribution in [-0.4, -0.2) is 0 Å². The molecule has 0 heteroatoms. The molecule has 0 N–H and O–H groups in total. The van der Waals surface area contributed by atoms with Crippen molar-refractivity contribution in [2.75, 3.05) is 0 Å². The SMILES string of the molecule is CC1=CC2=CC3=C4C(=CC5CCC5c5cc(C)c(C)c(c54)CC3)C2C=C1. The smallest absolute Gasteiger partial charge is 0.0276 e. The fraction of sp³-hybridized carbons (Fsp3) is 0.385. The monoisotopic (exact) mass is 338 g/mol. The topological polar surface area (TPSA) is 0 Å². The van der Waals surface area contributed by atoms with Gasteiger partial charge in [-0.25, -0.2) is 0 Å². The second kappa shape index (κ2) is 5.00. The van der Waals surface area contributed by atoms with Gasteiger partial charge in [0.15, 0.2) is 0 Å². The maximum absolute atomic E-state index is 2.68. The molecule has 0 radical (unpaired) electrons. The quantitative estimate of drug-likeness (QED) is 0.506. The van der Waals surface area contributed by atoms with Gasteiger partial charge < -0.3 is 0 Å². The van der Waals surface area contributed by atoms with Gasteiger partial charge in [0.25, 0.3) is 0 Å². The van der Waals surface area contributed by atoms with Gasteiger partial charge in [-0.2, -0.15) is 0 Å². The lowest BCUT2D eigenvalue weighted by Crippen LogP contribution is -2.23. The van der Waals surface area contributed by atoms with Crippen molar-refractivity contribution in [2.24, 2.45) is 11.8 Å².